The van der Waals surface area contributed by atoms with Crippen molar-refractivity contribution < 1.29 is 14.4 Å². The van der Waals surface area contributed by atoms with Crippen LogP contribution in [0.3, 0.4) is 0 Å². The monoisotopic (exact) mass is 432 g/mol. The Hall–Kier alpha value is -3.03. The van der Waals surface area contributed by atoms with Gasteiger partial charge < -0.3 is 15.5 Å². The minimum absolute atomic E-state index is 0.112. The number of carbonyl (C=O) groups excluding carboxylic acids is 3. The highest BCUT2D eigenvalue weighted by atomic mass is 16.2. The summed E-state index contributed by atoms with van der Waals surface area (Å²) in [5.41, 5.74) is 3.93. The molecule has 0 saturated carbocycles. The second-order valence-corrected chi connectivity index (χ2v) is 8.87. The van der Waals surface area contributed by atoms with E-state index in [0.717, 1.165) is 30.5 Å². The molecule has 32 heavy (non-hydrogen) atoms. The molecular weight excluding hydrogens is 404 g/mol. The highest BCUT2D eigenvalue weighted by Crippen LogP contribution is 2.30. The van der Waals surface area contributed by atoms with Gasteiger partial charge in [-0.25, -0.2) is 0 Å². The normalized spacial score (nSPS) is 25.6. The summed E-state index contributed by atoms with van der Waals surface area (Å²) in [5.74, 6) is -0.751. The van der Waals surface area contributed by atoms with E-state index >= 15 is 0 Å². The van der Waals surface area contributed by atoms with E-state index in [1.807, 2.05) is 24.3 Å². The van der Waals surface area contributed by atoms with Crippen molar-refractivity contribution >= 4 is 17.7 Å². The van der Waals surface area contributed by atoms with Gasteiger partial charge in [0.2, 0.25) is 11.8 Å². The molecule has 166 valence electrons. The molecule has 2 fully saturated rings. The number of hydrogen-bond acceptors (Lipinski definition) is 5. The molecule has 0 bridgehead atoms. The van der Waals surface area contributed by atoms with Crippen LogP contribution in [-0.4, -0.2) is 41.2 Å². The Morgan fingerprint density at radius 3 is 2.66 bits per heavy atom. The molecule has 0 radical (unpaired) electrons. The lowest BCUT2D eigenvalue weighted by atomic mass is 9.93. The van der Waals surface area contributed by atoms with Crippen LogP contribution in [0, 0.1) is 0 Å². The molecule has 2 aromatic carbocycles. The van der Waals surface area contributed by atoms with E-state index in [2.05, 4.69) is 40.2 Å². The van der Waals surface area contributed by atoms with Gasteiger partial charge in [-0.05, 0) is 42.5 Å². The zero-order chi connectivity index (χ0) is 22.1. The van der Waals surface area contributed by atoms with Crippen molar-refractivity contribution in [3.8, 4) is 0 Å². The summed E-state index contributed by atoms with van der Waals surface area (Å²) < 4.78 is 0. The molecule has 3 heterocycles. The van der Waals surface area contributed by atoms with Crippen LogP contribution >= 0.6 is 0 Å². The number of rotatable bonds is 5. The average molecular weight is 433 g/mol. The molecule has 2 saturated heterocycles. The molecule has 0 aliphatic carbocycles. The van der Waals surface area contributed by atoms with E-state index in [9.17, 15) is 14.4 Å². The zero-order valence-electron chi connectivity index (χ0n) is 18.0. The number of carbonyl (C=O) groups is 3. The molecule has 5 rings (SSSR count). The van der Waals surface area contributed by atoms with Crippen molar-refractivity contribution in [2.45, 2.75) is 56.9 Å². The number of hydrogen-bond donors (Lipinski definition) is 3. The van der Waals surface area contributed by atoms with Crippen LogP contribution in [0.15, 0.2) is 48.5 Å². The summed E-state index contributed by atoms with van der Waals surface area (Å²) in [6.07, 6.45) is 2.68. The Balaban J connectivity index is 1.26. The van der Waals surface area contributed by atoms with Gasteiger partial charge in [-0.2, -0.15) is 0 Å². The van der Waals surface area contributed by atoms with Crippen molar-refractivity contribution in [3.05, 3.63) is 70.8 Å². The van der Waals surface area contributed by atoms with Crippen molar-refractivity contribution in [3.63, 3.8) is 0 Å². The maximum Gasteiger partial charge on any atom is 0.255 e. The summed E-state index contributed by atoms with van der Waals surface area (Å²) in [5, 5.41) is 9.63. The predicted octanol–water partition coefficient (Wildman–Crippen LogP) is 2.03. The first-order valence-electron chi connectivity index (χ1n) is 11.4. The lowest BCUT2D eigenvalue weighted by Crippen LogP contribution is -2.52. The van der Waals surface area contributed by atoms with Crippen LogP contribution in [0.1, 0.15) is 58.8 Å². The standard InChI is InChI=1S/C25H28N4O3/c30-22-10-9-21(24(31)28-22)29-15-18-8-4-7-17(23(18)25(29)32)14-27-19-11-12-26-20(13-19)16-5-2-1-3-6-16/h1-8,19-21,26-27H,9-15H2,(H,28,30,31). The third-order valence-electron chi connectivity index (χ3n) is 6.83. The smallest absolute Gasteiger partial charge is 0.255 e. The number of nitrogens with zero attached hydrogens (tertiary/aromatic N) is 1. The summed E-state index contributed by atoms with van der Waals surface area (Å²) >= 11 is 0. The molecule has 3 unspecified atom stereocenters. The second-order valence-electron chi connectivity index (χ2n) is 8.87. The number of fused-ring (bicyclic) bond motifs is 1. The van der Waals surface area contributed by atoms with Gasteiger partial charge in [0, 0.05) is 37.2 Å². The molecular formula is C25H28N4O3. The second kappa shape index (κ2) is 8.84. The fraction of sp³-hybridized carbons (Fsp3) is 0.400. The van der Waals surface area contributed by atoms with Crippen molar-refractivity contribution in [2.75, 3.05) is 6.54 Å². The fourth-order valence-electron chi connectivity index (χ4n) is 5.13. The van der Waals surface area contributed by atoms with E-state index < -0.39 is 6.04 Å². The minimum Gasteiger partial charge on any atom is -0.322 e. The molecule has 3 aliphatic rings. The van der Waals surface area contributed by atoms with Gasteiger partial charge in [0.1, 0.15) is 6.04 Å². The highest BCUT2D eigenvalue weighted by molar-refractivity contribution is 6.05. The van der Waals surface area contributed by atoms with Crippen molar-refractivity contribution in [1.82, 2.24) is 20.9 Å². The van der Waals surface area contributed by atoms with Gasteiger partial charge in [-0.3, -0.25) is 19.7 Å². The largest absolute Gasteiger partial charge is 0.322 e. The molecule has 0 spiro atoms. The number of nitrogens with one attached hydrogen (secondary N) is 3. The lowest BCUT2D eigenvalue weighted by Gasteiger charge is -2.31. The first-order chi connectivity index (χ1) is 15.6. The van der Waals surface area contributed by atoms with Gasteiger partial charge in [0.15, 0.2) is 0 Å². The first-order valence-corrected chi connectivity index (χ1v) is 11.4. The van der Waals surface area contributed by atoms with Crippen LogP contribution < -0.4 is 16.0 Å². The number of benzene rings is 2. The molecule has 0 aromatic heterocycles. The number of imide groups is 1. The molecule has 7 heteroatoms. The van der Waals surface area contributed by atoms with Crippen molar-refractivity contribution in [2.24, 2.45) is 0 Å². The molecule has 3 aliphatic heterocycles. The van der Waals surface area contributed by atoms with Crippen LogP contribution in [0.5, 0.6) is 0 Å². The van der Waals surface area contributed by atoms with E-state index in [0.29, 0.717) is 37.2 Å². The average Bonchev–Trinajstić information content (AvgIpc) is 3.15. The third kappa shape index (κ3) is 4.06. The molecule has 3 amide bonds. The van der Waals surface area contributed by atoms with Crippen LogP contribution in [0.25, 0.3) is 0 Å². The summed E-state index contributed by atoms with van der Waals surface area (Å²) in [6, 6.07) is 16.5. The Morgan fingerprint density at radius 1 is 1.00 bits per heavy atom. The van der Waals surface area contributed by atoms with E-state index in [4.69, 9.17) is 0 Å². The Kier molecular flexibility index (Phi) is 5.76. The molecule has 2 aromatic rings. The number of amides is 3. The van der Waals surface area contributed by atoms with E-state index in [-0.39, 0.29) is 24.1 Å². The Labute approximate surface area is 187 Å². The molecule has 7 nitrogen and oxygen atoms in total. The van der Waals surface area contributed by atoms with E-state index in [1.165, 1.54) is 5.56 Å². The predicted molar refractivity (Wildman–Crippen MR) is 120 cm³/mol. The quantitative estimate of drug-likeness (QED) is 0.629. The van der Waals surface area contributed by atoms with Gasteiger partial charge in [0.05, 0.1) is 0 Å². The summed E-state index contributed by atoms with van der Waals surface area (Å²) in [6.45, 7) is 1.98. The van der Waals surface area contributed by atoms with Gasteiger partial charge in [-0.15, -0.1) is 0 Å². The summed E-state index contributed by atoms with van der Waals surface area (Å²) in [4.78, 5) is 38.7. The molecule has 3 atom stereocenters. The van der Waals surface area contributed by atoms with Crippen LogP contribution in [0.2, 0.25) is 0 Å². The Bertz CT molecular complexity index is 1040. The van der Waals surface area contributed by atoms with Crippen molar-refractivity contribution in [1.29, 1.82) is 0 Å². The van der Waals surface area contributed by atoms with Crippen LogP contribution in [-0.2, 0) is 22.7 Å². The maximum atomic E-state index is 13.3. The SMILES string of the molecule is O=C1CCC(N2Cc3cccc(CNC4CCNC(c5ccccc5)C4)c3C2=O)C(=O)N1. The third-order valence-corrected chi connectivity index (χ3v) is 6.83. The topological polar surface area (TPSA) is 90.5 Å². The Morgan fingerprint density at radius 2 is 1.84 bits per heavy atom. The van der Waals surface area contributed by atoms with Crippen LogP contribution in [0.4, 0.5) is 0 Å². The number of piperidine rings is 2. The fourth-order valence-corrected chi connectivity index (χ4v) is 5.13. The lowest BCUT2D eigenvalue weighted by molar-refractivity contribution is -0.136. The van der Waals surface area contributed by atoms with E-state index in [1.54, 1.807) is 4.90 Å². The highest BCUT2D eigenvalue weighted by Gasteiger charge is 2.40. The first kappa shape index (κ1) is 20.8. The minimum atomic E-state index is -0.579. The van der Waals surface area contributed by atoms with Gasteiger partial charge in [0.25, 0.3) is 5.91 Å². The summed E-state index contributed by atoms with van der Waals surface area (Å²) in [7, 11) is 0. The van der Waals surface area contributed by atoms with Gasteiger partial charge >= 0.3 is 0 Å². The zero-order valence-corrected chi connectivity index (χ0v) is 18.0. The molecule has 3 N–H and O–H groups in total. The van der Waals surface area contributed by atoms with Gasteiger partial charge in [-0.1, -0.05) is 48.5 Å². The maximum absolute atomic E-state index is 13.3.